The van der Waals surface area contributed by atoms with Crippen molar-refractivity contribution >= 4 is 40.7 Å². The number of rotatable bonds is 7. The van der Waals surface area contributed by atoms with E-state index in [1.165, 1.54) is 10.8 Å². The summed E-state index contributed by atoms with van der Waals surface area (Å²) in [4.78, 5) is 31.6. The molecule has 32 heavy (non-hydrogen) atoms. The number of nitriles is 1. The van der Waals surface area contributed by atoms with Crippen LogP contribution in [0.1, 0.15) is 6.92 Å². The summed E-state index contributed by atoms with van der Waals surface area (Å²) in [6.07, 6.45) is -1.29. The van der Waals surface area contributed by atoms with Crippen molar-refractivity contribution in [3.8, 4) is 6.07 Å². The first-order valence-corrected chi connectivity index (χ1v) is 10.7. The number of pyridine rings is 1. The third-order valence-electron chi connectivity index (χ3n) is 4.61. The normalized spacial score (nSPS) is 15.5. The summed E-state index contributed by atoms with van der Waals surface area (Å²) in [6.45, 7) is 3.74. The van der Waals surface area contributed by atoms with Crippen molar-refractivity contribution in [2.75, 3.05) is 43.1 Å². The summed E-state index contributed by atoms with van der Waals surface area (Å²) in [7, 11) is 0. The maximum atomic E-state index is 12.8. The van der Waals surface area contributed by atoms with E-state index < -0.39 is 24.4 Å². The van der Waals surface area contributed by atoms with Gasteiger partial charge in [-0.3, -0.25) is 14.2 Å². The number of aromatic nitrogens is 2. The van der Waals surface area contributed by atoms with Gasteiger partial charge in [-0.25, -0.2) is 13.8 Å². The van der Waals surface area contributed by atoms with Gasteiger partial charge in [-0.1, -0.05) is 6.07 Å². The fourth-order valence-corrected chi connectivity index (χ4v) is 4.14. The number of ether oxygens (including phenoxy) is 1. The van der Waals surface area contributed by atoms with Gasteiger partial charge in [0.1, 0.15) is 26.9 Å². The van der Waals surface area contributed by atoms with Crippen LogP contribution in [0.15, 0.2) is 23.0 Å². The Morgan fingerprint density at radius 1 is 1.41 bits per heavy atom. The molecule has 1 amide bonds. The second-order valence-electron chi connectivity index (χ2n) is 6.68. The minimum absolute atomic E-state index is 0.106. The van der Waals surface area contributed by atoms with Crippen LogP contribution in [0.4, 0.5) is 20.4 Å². The Hall–Kier alpha value is -3.30. The average Bonchev–Trinajstić information content (AvgIpc) is 3.12. The molecule has 0 atom stereocenters. The van der Waals surface area contributed by atoms with Crippen LogP contribution in [0.25, 0.3) is 11.8 Å². The topological polar surface area (TPSA) is 112 Å². The van der Waals surface area contributed by atoms with Gasteiger partial charge in [0.2, 0.25) is 0 Å². The Morgan fingerprint density at radius 2 is 2.16 bits per heavy atom. The number of amides is 1. The lowest BCUT2D eigenvalue weighted by molar-refractivity contribution is -0.116. The summed E-state index contributed by atoms with van der Waals surface area (Å²) in [5, 5.41) is 14.4. The number of hydrogen-bond acceptors (Lipinski definition) is 8. The van der Waals surface area contributed by atoms with Crippen LogP contribution in [0, 0.1) is 11.3 Å². The lowest BCUT2D eigenvalue weighted by Crippen LogP contribution is -2.36. The first-order chi connectivity index (χ1) is 15.4. The summed E-state index contributed by atoms with van der Waals surface area (Å²) in [5.41, 5.74) is -0.791. The molecule has 3 rings (SSSR count). The zero-order valence-electron chi connectivity index (χ0n) is 17.3. The van der Waals surface area contributed by atoms with E-state index >= 15 is 0 Å². The first-order valence-electron chi connectivity index (χ1n) is 9.91. The first kappa shape index (κ1) is 23.4. The Labute approximate surface area is 186 Å². The van der Waals surface area contributed by atoms with Gasteiger partial charge in [0.15, 0.2) is 5.57 Å². The van der Waals surface area contributed by atoms with Gasteiger partial charge in [-0.2, -0.15) is 5.26 Å². The molecule has 2 N–H and O–H groups in total. The average molecular weight is 464 g/mol. The summed E-state index contributed by atoms with van der Waals surface area (Å²) < 4.78 is 31.8. The third-order valence-corrected chi connectivity index (χ3v) is 5.74. The maximum absolute atomic E-state index is 12.8. The van der Waals surface area contributed by atoms with Gasteiger partial charge in [0, 0.05) is 25.8 Å². The van der Waals surface area contributed by atoms with Crippen molar-refractivity contribution in [2.45, 2.75) is 19.9 Å². The monoisotopic (exact) mass is 464 g/mol. The summed E-state index contributed by atoms with van der Waals surface area (Å²) in [6, 6.07) is 7.20. The number of anilines is 2. The minimum atomic E-state index is -2.75. The van der Waals surface area contributed by atoms with Crippen molar-refractivity contribution in [2.24, 2.45) is 0 Å². The Bertz CT molecular complexity index is 1180. The van der Waals surface area contributed by atoms with Gasteiger partial charge in [-0.15, -0.1) is 11.3 Å². The van der Waals surface area contributed by atoms with Crippen molar-refractivity contribution in [3.63, 3.8) is 0 Å². The molecule has 170 valence electrons. The highest BCUT2D eigenvalue weighted by molar-refractivity contribution is 7.07. The molecular formula is C20H22F2N6O3S. The number of morpholine rings is 1. The molecule has 0 aromatic carbocycles. The minimum Gasteiger partial charge on any atom is -0.378 e. The number of hydrogen-bond donors (Lipinski definition) is 2. The number of carbonyl (C=O) groups excluding carboxylic acids is 1. The summed E-state index contributed by atoms with van der Waals surface area (Å²) in [5.74, 6) is 0.349. The SMILES string of the molecule is CCn1c(=O)/c(=C\Nc2cccc(N3CCOCC3)n2)s/c1=C(/C#N)C(=O)NCC(F)F. The fourth-order valence-electron chi connectivity index (χ4n) is 3.06. The number of halogens is 2. The van der Waals surface area contributed by atoms with Crippen LogP contribution < -0.4 is 30.3 Å². The van der Waals surface area contributed by atoms with Crippen LogP contribution in [0.3, 0.4) is 0 Å². The van der Waals surface area contributed by atoms with Gasteiger partial charge in [0.05, 0.1) is 19.8 Å². The molecule has 0 bridgehead atoms. The molecule has 0 spiro atoms. The molecule has 1 fully saturated rings. The Morgan fingerprint density at radius 3 is 2.81 bits per heavy atom. The molecule has 1 saturated heterocycles. The number of thiazole rings is 1. The van der Waals surface area contributed by atoms with Crippen LogP contribution in [0.2, 0.25) is 0 Å². The molecule has 0 aliphatic carbocycles. The number of carbonyl (C=O) groups is 1. The maximum Gasteiger partial charge on any atom is 0.270 e. The number of alkyl halides is 2. The van der Waals surface area contributed by atoms with Crippen molar-refractivity contribution < 1.29 is 18.3 Å². The molecule has 2 aromatic heterocycles. The van der Waals surface area contributed by atoms with E-state index in [9.17, 15) is 23.6 Å². The fraction of sp³-hybridized carbons (Fsp3) is 0.400. The van der Waals surface area contributed by atoms with E-state index in [1.54, 1.807) is 19.1 Å². The third kappa shape index (κ3) is 5.49. The van der Waals surface area contributed by atoms with Gasteiger partial charge >= 0.3 is 0 Å². The standard InChI is InChI=1S/C20H22F2N6O3S/c1-2-28-19(30)14(32-20(28)13(10-23)18(29)25-12-15(21)22)11-24-16-4-3-5-17(26-16)27-6-8-31-9-7-27/h3-5,11,15H,2,6-9,12H2,1H3,(H,24,26)(H,25,29)/b14-11+,20-13-. The highest BCUT2D eigenvalue weighted by Gasteiger charge is 2.17. The molecule has 2 aromatic rings. The van der Waals surface area contributed by atoms with Crippen LogP contribution in [-0.4, -0.2) is 54.7 Å². The number of nitrogens with zero attached hydrogens (tertiary/aromatic N) is 4. The van der Waals surface area contributed by atoms with Crippen LogP contribution in [0.5, 0.6) is 0 Å². The zero-order chi connectivity index (χ0) is 23.1. The van der Waals surface area contributed by atoms with E-state index in [2.05, 4.69) is 15.2 Å². The molecule has 1 aliphatic rings. The lowest BCUT2D eigenvalue weighted by atomic mass is 10.3. The molecule has 0 radical (unpaired) electrons. The predicted molar refractivity (Wildman–Crippen MR) is 117 cm³/mol. The van der Waals surface area contributed by atoms with Gasteiger partial charge in [0.25, 0.3) is 17.9 Å². The lowest BCUT2D eigenvalue weighted by Gasteiger charge is -2.27. The van der Waals surface area contributed by atoms with Crippen molar-refractivity contribution in [1.29, 1.82) is 5.26 Å². The molecule has 3 heterocycles. The van der Waals surface area contributed by atoms with E-state index in [1.807, 2.05) is 17.4 Å². The predicted octanol–water partition coefficient (Wildman–Crippen LogP) is 0.0670. The molecule has 1 aliphatic heterocycles. The van der Waals surface area contributed by atoms with E-state index in [0.717, 1.165) is 30.2 Å². The van der Waals surface area contributed by atoms with Gasteiger partial charge in [-0.05, 0) is 19.1 Å². The van der Waals surface area contributed by atoms with Crippen LogP contribution in [-0.2, 0) is 16.1 Å². The summed E-state index contributed by atoms with van der Waals surface area (Å²) >= 11 is 0.927. The number of nitrogens with one attached hydrogen (secondary N) is 2. The highest BCUT2D eigenvalue weighted by atomic mass is 32.1. The molecular weight excluding hydrogens is 442 g/mol. The second kappa shape index (κ2) is 10.8. The van der Waals surface area contributed by atoms with E-state index in [4.69, 9.17) is 4.74 Å². The Balaban J connectivity index is 1.92. The largest absolute Gasteiger partial charge is 0.378 e. The van der Waals surface area contributed by atoms with Crippen molar-refractivity contribution in [3.05, 3.63) is 37.7 Å². The molecule has 9 nitrogen and oxygen atoms in total. The van der Waals surface area contributed by atoms with Crippen molar-refractivity contribution in [1.82, 2.24) is 14.9 Å². The molecule has 0 saturated carbocycles. The van der Waals surface area contributed by atoms with Crippen LogP contribution >= 0.6 is 11.3 Å². The van der Waals surface area contributed by atoms with Gasteiger partial charge < -0.3 is 20.3 Å². The molecule has 12 heteroatoms. The molecule has 0 unspecified atom stereocenters. The Kier molecular flexibility index (Phi) is 7.91. The van der Waals surface area contributed by atoms with E-state index in [0.29, 0.717) is 19.0 Å². The van der Waals surface area contributed by atoms with E-state index in [-0.39, 0.29) is 21.3 Å². The second-order valence-corrected chi connectivity index (χ2v) is 7.71. The zero-order valence-corrected chi connectivity index (χ0v) is 18.1. The smallest absolute Gasteiger partial charge is 0.270 e. The quantitative estimate of drug-likeness (QED) is 0.596. The highest BCUT2D eigenvalue weighted by Crippen LogP contribution is 2.15.